The van der Waals surface area contributed by atoms with E-state index in [9.17, 15) is 4.79 Å². The molecule has 2 nitrogen and oxygen atoms in total. The van der Waals surface area contributed by atoms with Crippen molar-refractivity contribution in [3.05, 3.63) is 0 Å². The highest BCUT2D eigenvalue weighted by Gasteiger charge is 2.35. The van der Waals surface area contributed by atoms with Gasteiger partial charge in [-0.1, -0.05) is 26.7 Å². The molecule has 0 spiro atoms. The summed E-state index contributed by atoms with van der Waals surface area (Å²) in [6, 6.07) is 0.0612. The van der Waals surface area contributed by atoms with Crippen molar-refractivity contribution in [2.45, 2.75) is 39.7 Å². The number of likely N-dealkylation sites (tertiary alicyclic amines) is 1. The quantitative estimate of drug-likeness (QED) is 0.622. The van der Waals surface area contributed by atoms with Crippen LogP contribution in [0.15, 0.2) is 0 Å². The van der Waals surface area contributed by atoms with Crippen LogP contribution in [-0.4, -0.2) is 29.8 Å². The fourth-order valence-corrected chi connectivity index (χ4v) is 1.93. The van der Waals surface area contributed by atoms with Crippen LogP contribution in [0.1, 0.15) is 33.6 Å². The molecule has 0 aromatic carbocycles. The van der Waals surface area contributed by atoms with Crippen molar-refractivity contribution in [3.63, 3.8) is 0 Å². The number of rotatable bonds is 2. The minimum Gasteiger partial charge on any atom is -0.297 e. The molecule has 14 heavy (non-hydrogen) atoms. The van der Waals surface area contributed by atoms with Gasteiger partial charge in [0.05, 0.1) is 12.6 Å². The van der Waals surface area contributed by atoms with Crippen molar-refractivity contribution in [1.29, 1.82) is 0 Å². The molecule has 1 heterocycles. The predicted octanol–water partition coefficient (Wildman–Crippen LogP) is 1.70. The summed E-state index contributed by atoms with van der Waals surface area (Å²) in [4.78, 5) is 14.2. The minimum absolute atomic E-state index is 0.0612. The van der Waals surface area contributed by atoms with Crippen LogP contribution >= 0.6 is 0 Å². The Labute approximate surface area is 86.7 Å². The number of hydrogen-bond donors (Lipinski definition) is 0. The predicted molar refractivity (Wildman–Crippen MR) is 57.9 cm³/mol. The average molecular weight is 193 g/mol. The Morgan fingerprint density at radius 2 is 2.21 bits per heavy atom. The molecule has 0 N–H and O–H groups in total. The topological polar surface area (TPSA) is 20.3 Å². The van der Waals surface area contributed by atoms with Gasteiger partial charge in [0.15, 0.2) is 5.78 Å². The summed E-state index contributed by atoms with van der Waals surface area (Å²) in [6.45, 7) is 7.49. The van der Waals surface area contributed by atoms with Gasteiger partial charge < -0.3 is 0 Å². The zero-order valence-corrected chi connectivity index (χ0v) is 9.34. The molecular formula is C12H19NO. The average Bonchev–Trinajstić information content (AvgIpc) is 2.50. The molecule has 1 atom stereocenters. The number of Topliss-reactive ketones (excluding diaryl/α,β-unsaturated/α-hetero) is 1. The molecule has 0 radical (unpaired) electrons. The summed E-state index contributed by atoms with van der Waals surface area (Å²) in [7, 11) is 0. The molecular weight excluding hydrogens is 174 g/mol. The molecule has 78 valence electrons. The van der Waals surface area contributed by atoms with E-state index in [-0.39, 0.29) is 11.5 Å². The lowest BCUT2D eigenvalue weighted by Crippen LogP contribution is -2.42. The van der Waals surface area contributed by atoms with Crippen LogP contribution < -0.4 is 0 Å². The van der Waals surface area contributed by atoms with Gasteiger partial charge in [-0.3, -0.25) is 9.69 Å². The van der Waals surface area contributed by atoms with Crippen LogP contribution in [0, 0.1) is 17.8 Å². The summed E-state index contributed by atoms with van der Waals surface area (Å²) < 4.78 is 0. The Balaban J connectivity index is 2.68. The van der Waals surface area contributed by atoms with Crippen molar-refractivity contribution >= 4 is 5.78 Å². The Morgan fingerprint density at radius 1 is 1.57 bits per heavy atom. The van der Waals surface area contributed by atoms with Gasteiger partial charge >= 0.3 is 0 Å². The van der Waals surface area contributed by atoms with E-state index in [0.717, 1.165) is 19.4 Å². The van der Waals surface area contributed by atoms with E-state index in [4.69, 9.17) is 6.42 Å². The summed E-state index contributed by atoms with van der Waals surface area (Å²) in [5.74, 6) is 2.94. The zero-order chi connectivity index (χ0) is 10.8. The van der Waals surface area contributed by atoms with Crippen LogP contribution in [0.3, 0.4) is 0 Å². The van der Waals surface area contributed by atoms with Gasteiger partial charge in [0, 0.05) is 5.41 Å². The molecule has 1 fully saturated rings. The second-order valence-corrected chi connectivity index (χ2v) is 4.95. The number of nitrogens with zero attached hydrogens (tertiary/aromatic N) is 1. The van der Waals surface area contributed by atoms with E-state index >= 15 is 0 Å². The first kappa shape index (κ1) is 11.3. The lowest BCUT2D eigenvalue weighted by molar-refractivity contribution is -0.130. The van der Waals surface area contributed by atoms with E-state index in [0.29, 0.717) is 12.3 Å². The number of carbonyl (C=O) groups excluding carboxylic acids is 1. The van der Waals surface area contributed by atoms with Crippen LogP contribution in [0.4, 0.5) is 0 Å². The molecule has 2 heteroatoms. The maximum atomic E-state index is 12.0. The highest BCUT2D eigenvalue weighted by atomic mass is 16.1. The number of carbonyl (C=O) groups is 1. The van der Waals surface area contributed by atoms with E-state index in [1.807, 2.05) is 20.8 Å². The van der Waals surface area contributed by atoms with Crippen molar-refractivity contribution in [2.24, 2.45) is 5.41 Å². The molecule has 0 saturated carbocycles. The first-order valence-corrected chi connectivity index (χ1v) is 5.18. The second kappa shape index (κ2) is 4.14. The monoisotopic (exact) mass is 193 g/mol. The van der Waals surface area contributed by atoms with Gasteiger partial charge in [0.1, 0.15) is 0 Å². The van der Waals surface area contributed by atoms with E-state index in [1.54, 1.807) is 0 Å². The van der Waals surface area contributed by atoms with E-state index < -0.39 is 0 Å². The maximum Gasteiger partial charge on any atom is 0.155 e. The van der Waals surface area contributed by atoms with Crippen molar-refractivity contribution in [2.75, 3.05) is 13.1 Å². The van der Waals surface area contributed by atoms with Crippen LogP contribution in [0.2, 0.25) is 0 Å². The van der Waals surface area contributed by atoms with Gasteiger partial charge in [-0.25, -0.2) is 0 Å². The Kier molecular flexibility index (Phi) is 3.34. The highest BCUT2D eigenvalue weighted by Crippen LogP contribution is 2.26. The van der Waals surface area contributed by atoms with Gasteiger partial charge in [-0.15, -0.1) is 6.42 Å². The van der Waals surface area contributed by atoms with Gasteiger partial charge in [0.2, 0.25) is 0 Å². The lowest BCUT2D eigenvalue weighted by Gasteiger charge is -2.27. The maximum absolute atomic E-state index is 12.0. The van der Waals surface area contributed by atoms with Crippen LogP contribution in [-0.2, 0) is 4.79 Å². The largest absolute Gasteiger partial charge is 0.297 e. The molecule has 1 aliphatic rings. The van der Waals surface area contributed by atoms with Crippen LogP contribution in [0.5, 0.6) is 0 Å². The normalized spacial score (nSPS) is 23.4. The molecule has 0 bridgehead atoms. The highest BCUT2D eigenvalue weighted by molar-refractivity contribution is 5.89. The van der Waals surface area contributed by atoms with Crippen molar-refractivity contribution in [3.8, 4) is 12.3 Å². The molecule has 1 rings (SSSR count). The molecule has 0 aromatic rings. The Bertz CT molecular complexity index is 256. The third kappa shape index (κ3) is 2.36. The van der Waals surface area contributed by atoms with E-state index in [2.05, 4.69) is 10.8 Å². The Morgan fingerprint density at radius 3 is 2.71 bits per heavy atom. The number of ketones is 1. The zero-order valence-electron chi connectivity index (χ0n) is 9.34. The summed E-state index contributed by atoms with van der Waals surface area (Å²) in [5.41, 5.74) is -0.248. The first-order valence-electron chi connectivity index (χ1n) is 5.18. The number of terminal acetylenes is 1. The third-order valence-electron chi connectivity index (χ3n) is 2.70. The van der Waals surface area contributed by atoms with Gasteiger partial charge in [0.25, 0.3) is 0 Å². The van der Waals surface area contributed by atoms with Gasteiger partial charge in [-0.05, 0) is 19.4 Å². The van der Waals surface area contributed by atoms with Crippen molar-refractivity contribution < 1.29 is 4.79 Å². The third-order valence-corrected chi connectivity index (χ3v) is 2.70. The lowest BCUT2D eigenvalue weighted by atomic mass is 9.85. The van der Waals surface area contributed by atoms with E-state index in [1.165, 1.54) is 0 Å². The SMILES string of the molecule is C#CCN1CCC[C@H]1C(=O)C(C)(C)C. The summed E-state index contributed by atoms with van der Waals surface area (Å²) in [6.07, 6.45) is 7.34. The standard InChI is InChI=1S/C12H19NO/c1-5-8-13-9-6-7-10(13)11(14)12(2,3)4/h1,10H,6-9H2,2-4H3/t10-/m0/s1. The van der Waals surface area contributed by atoms with Gasteiger partial charge in [-0.2, -0.15) is 0 Å². The molecule has 0 aromatic heterocycles. The molecule has 0 aliphatic carbocycles. The number of hydrogen-bond acceptors (Lipinski definition) is 2. The fraction of sp³-hybridized carbons (Fsp3) is 0.750. The summed E-state index contributed by atoms with van der Waals surface area (Å²) in [5, 5.41) is 0. The first-order chi connectivity index (χ1) is 6.46. The fourth-order valence-electron chi connectivity index (χ4n) is 1.93. The molecule has 0 amide bonds. The van der Waals surface area contributed by atoms with Crippen molar-refractivity contribution in [1.82, 2.24) is 4.90 Å². The smallest absolute Gasteiger partial charge is 0.155 e. The molecule has 1 aliphatic heterocycles. The summed E-state index contributed by atoms with van der Waals surface area (Å²) >= 11 is 0. The second-order valence-electron chi connectivity index (χ2n) is 4.95. The molecule has 1 saturated heterocycles. The Hall–Kier alpha value is -0.810. The molecule has 0 unspecified atom stereocenters. The minimum atomic E-state index is -0.248. The van der Waals surface area contributed by atoms with Crippen LogP contribution in [0.25, 0.3) is 0 Å².